The van der Waals surface area contributed by atoms with E-state index in [4.69, 9.17) is 0 Å². The number of rotatable bonds is 9. The van der Waals surface area contributed by atoms with E-state index in [0.717, 1.165) is 17.5 Å². The summed E-state index contributed by atoms with van der Waals surface area (Å²) in [6, 6.07) is 30.0. The highest BCUT2D eigenvalue weighted by Crippen LogP contribution is 2.26. The third kappa shape index (κ3) is 5.51. The maximum atomic E-state index is 12.9. The monoisotopic (exact) mass is 479 g/mol. The summed E-state index contributed by atoms with van der Waals surface area (Å²) in [4.78, 5) is 27.2. The van der Waals surface area contributed by atoms with E-state index in [1.807, 2.05) is 83.8 Å². The summed E-state index contributed by atoms with van der Waals surface area (Å²) < 4.78 is 1.73. The Kier molecular flexibility index (Phi) is 7.17. The molecule has 1 N–H and O–H groups in total. The van der Waals surface area contributed by atoms with E-state index in [-0.39, 0.29) is 29.5 Å². The third-order valence-electron chi connectivity index (χ3n) is 6.60. The van der Waals surface area contributed by atoms with Crippen molar-refractivity contribution >= 4 is 11.8 Å². The van der Waals surface area contributed by atoms with Gasteiger partial charge in [-0.25, -0.2) is 4.68 Å². The van der Waals surface area contributed by atoms with E-state index in [1.54, 1.807) is 10.9 Å². The molecular formula is C29H29N5O2. The Balaban J connectivity index is 1.20. The molecule has 1 aliphatic rings. The number of amides is 2. The van der Waals surface area contributed by atoms with Crippen LogP contribution in [0.2, 0.25) is 0 Å². The largest absolute Gasteiger partial charge is 0.350 e. The van der Waals surface area contributed by atoms with E-state index in [9.17, 15) is 9.59 Å². The Morgan fingerprint density at radius 3 is 2.17 bits per heavy atom. The summed E-state index contributed by atoms with van der Waals surface area (Å²) in [5.74, 6) is -0.0466. The van der Waals surface area contributed by atoms with Crippen molar-refractivity contribution in [1.29, 1.82) is 0 Å². The van der Waals surface area contributed by atoms with Crippen molar-refractivity contribution in [2.24, 2.45) is 5.92 Å². The van der Waals surface area contributed by atoms with Gasteiger partial charge in [0.15, 0.2) is 5.69 Å². The fourth-order valence-corrected chi connectivity index (χ4v) is 4.72. The second-order valence-electron chi connectivity index (χ2n) is 9.16. The molecule has 1 saturated heterocycles. The van der Waals surface area contributed by atoms with Crippen LogP contribution < -0.4 is 5.32 Å². The smallest absolute Gasteiger partial charge is 0.273 e. The van der Waals surface area contributed by atoms with Crippen LogP contribution in [0.1, 0.15) is 39.6 Å². The molecule has 36 heavy (non-hydrogen) atoms. The molecule has 182 valence electrons. The lowest BCUT2D eigenvalue weighted by molar-refractivity contribution is -0.127. The lowest BCUT2D eigenvalue weighted by Crippen LogP contribution is -2.32. The van der Waals surface area contributed by atoms with Gasteiger partial charge in [0.2, 0.25) is 5.91 Å². The predicted octanol–water partition coefficient (Wildman–Crippen LogP) is 3.74. The molecule has 3 aromatic carbocycles. The van der Waals surface area contributed by atoms with Gasteiger partial charge in [-0.05, 0) is 23.1 Å². The Labute approximate surface area is 210 Å². The van der Waals surface area contributed by atoms with E-state index in [0.29, 0.717) is 26.1 Å². The number of nitrogens with zero attached hydrogens (tertiary/aromatic N) is 4. The minimum absolute atomic E-state index is 0.0913. The van der Waals surface area contributed by atoms with Crippen LogP contribution in [-0.4, -0.2) is 51.3 Å². The van der Waals surface area contributed by atoms with Crippen molar-refractivity contribution in [2.75, 3.05) is 19.6 Å². The zero-order valence-corrected chi connectivity index (χ0v) is 20.0. The van der Waals surface area contributed by atoms with Gasteiger partial charge in [0.1, 0.15) is 6.04 Å². The molecule has 0 bridgehead atoms. The minimum Gasteiger partial charge on any atom is -0.350 e. The van der Waals surface area contributed by atoms with Crippen molar-refractivity contribution in [3.63, 3.8) is 0 Å². The zero-order valence-electron chi connectivity index (χ0n) is 20.0. The lowest BCUT2D eigenvalue weighted by atomic mass is 9.99. The molecule has 0 radical (unpaired) electrons. The number of nitrogens with one attached hydrogen (secondary N) is 1. The molecule has 4 aromatic rings. The number of hydrogen-bond acceptors (Lipinski definition) is 4. The molecular weight excluding hydrogens is 450 g/mol. The summed E-state index contributed by atoms with van der Waals surface area (Å²) in [5, 5.41) is 11.4. The third-order valence-corrected chi connectivity index (χ3v) is 6.60. The number of likely N-dealkylation sites (tertiary alicyclic amines) is 1. The first kappa shape index (κ1) is 23.5. The molecule has 0 spiro atoms. The van der Waals surface area contributed by atoms with Gasteiger partial charge in [-0.1, -0.05) is 96.2 Å². The van der Waals surface area contributed by atoms with Gasteiger partial charge in [-0.15, -0.1) is 5.10 Å². The number of carbonyl (C=O) groups is 2. The van der Waals surface area contributed by atoms with Crippen molar-refractivity contribution in [3.8, 4) is 0 Å². The highest BCUT2D eigenvalue weighted by Gasteiger charge is 2.29. The zero-order chi connectivity index (χ0) is 24.7. The molecule has 2 heterocycles. The van der Waals surface area contributed by atoms with E-state index in [1.165, 1.54) is 5.56 Å². The van der Waals surface area contributed by atoms with Gasteiger partial charge >= 0.3 is 0 Å². The normalized spacial score (nSPS) is 15.4. The molecule has 7 heteroatoms. The van der Waals surface area contributed by atoms with Crippen LogP contribution in [0.15, 0.2) is 97.2 Å². The molecule has 5 rings (SSSR count). The summed E-state index contributed by atoms with van der Waals surface area (Å²) >= 11 is 0. The molecule has 0 saturated carbocycles. The highest BCUT2D eigenvalue weighted by molar-refractivity contribution is 5.92. The molecule has 1 unspecified atom stereocenters. The SMILES string of the molecule is O=C(NCC1CC(=O)N(CCc2ccccc2)C1)c1cn(C(c2ccccc2)c2ccccc2)nn1. The predicted molar refractivity (Wildman–Crippen MR) is 137 cm³/mol. The Hall–Kier alpha value is -4.26. The number of carbonyl (C=O) groups excluding carboxylic acids is 2. The van der Waals surface area contributed by atoms with E-state index >= 15 is 0 Å². The summed E-state index contributed by atoms with van der Waals surface area (Å²) in [6.45, 7) is 1.78. The number of hydrogen-bond donors (Lipinski definition) is 1. The van der Waals surface area contributed by atoms with Gasteiger partial charge < -0.3 is 10.2 Å². The van der Waals surface area contributed by atoms with Crippen molar-refractivity contribution in [2.45, 2.75) is 18.9 Å². The molecule has 1 fully saturated rings. The van der Waals surface area contributed by atoms with Gasteiger partial charge in [0, 0.05) is 32.0 Å². The quantitative estimate of drug-likeness (QED) is 0.397. The van der Waals surface area contributed by atoms with Gasteiger partial charge in [-0.2, -0.15) is 0 Å². The van der Waals surface area contributed by atoms with Gasteiger partial charge in [-0.3, -0.25) is 9.59 Å². The average molecular weight is 480 g/mol. The van der Waals surface area contributed by atoms with Crippen LogP contribution in [0.25, 0.3) is 0 Å². The Bertz CT molecular complexity index is 1250. The molecule has 1 aromatic heterocycles. The fraction of sp³-hybridized carbons (Fsp3) is 0.241. The lowest BCUT2D eigenvalue weighted by Gasteiger charge is -2.18. The Morgan fingerprint density at radius 1 is 0.917 bits per heavy atom. The molecule has 1 aliphatic heterocycles. The first-order valence-electron chi connectivity index (χ1n) is 12.3. The maximum absolute atomic E-state index is 12.9. The van der Waals surface area contributed by atoms with Gasteiger partial charge in [0.25, 0.3) is 5.91 Å². The maximum Gasteiger partial charge on any atom is 0.273 e. The molecule has 7 nitrogen and oxygen atoms in total. The van der Waals surface area contributed by atoms with Crippen LogP contribution >= 0.6 is 0 Å². The van der Waals surface area contributed by atoms with Crippen molar-refractivity contribution in [1.82, 2.24) is 25.2 Å². The first-order chi connectivity index (χ1) is 17.7. The molecule has 0 aliphatic carbocycles. The number of aromatic nitrogens is 3. The first-order valence-corrected chi connectivity index (χ1v) is 12.3. The van der Waals surface area contributed by atoms with E-state index in [2.05, 4.69) is 27.8 Å². The summed E-state index contributed by atoms with van der Waals surface area (Å²) in [5.41, 5.74) is 3.59. The molecule has 1 atom stereocenters. The second-order valence-corrected chi connectivity index (χ2v) is 9.16. The topological polar surface area (TPSA) is 80.1 Å². The van der Waals surface area contributed by atoms with Crippen molar-refractivity contribution < 1.29 is 9.59 Å². The standard InChI is InChI=1S/C29H29N5O2/c35-27-18-23(20-33(27)17-16-22-10-4-1-5-11-22)19-30-29(36)26-21-34(32-31-26)28(24-12-6-2-7-13-24)25-14-8-3-9-15-25/h1-15,21,23,28H,16-20H2,(H,30,36). The van der Waals surface area contributed by atoms with Crippen LogP contribution in [0.4, 0.5) is 0 Å². The van der Waals surface area contributed by atoms with Crippen molar-refractivity contribution in [3.05, 3.63) is 120 Å². The van der Waals surface area contributed by atoms with E-state index < -0.39 is 0 Å². The fourth-order valence-electron chi connectivity index (χ4n) is 4.72. The molecule has 2 amide bonds. The summed E-state index contributed by atoms with van der Waals surface area (Å²) in [6.07, 6.45) is 2.97. The summed E-state index contributed by atoms with van der Waals surface area (Å²) in [7, 11) is 0. The minimum atomic E-state index is -0.281. The van der Waals surface area contributed by atoms with Crippen LogP contribution in [0.5, 0.6) is 0 Å². The van der Waals surface area contributed by atoms with Gasteiger partial charge in [0.05, 0.1) is 6.20 Å². The van der Waals surface area contributed by atoms with Crippen LogP contribution in [-0.2, 0) is 11.2 Å². The second kappa shape index (κ2) is 11.0. The Morgan fingerprint density at radius 2 is 1.53 bits per heavy atom. The van der Waals surface area contributed by atoms with Crippen LogP contribution in [0, 0.1) is 5.92 Å². The highest BCUT2D eigenvalue weighted by atomic mass is 16.2. The van der Waals surface area contributed by atoms with Crippen LogP contribution in [0.3, 0.4) is 0 Å². The average Bonchev–Trinajstić information content (AvgIpc) is 3.55. The number of benzene rings is 3.